The number of carbonyl (C=O) groups excluding carboxylic acids is 2. The molecule has 0 radical (unpaired) electrons. The van der Waals surface area contributed by atoms with Crippen LogP contribution in [-0.4, -0.2) is 42.5 Å². The minimum atomic E-state index is -0.629. The first-order valence-electron chi connectivity index (χ1n) is 11.4. The molecule has 2 aromatic rings. The monoisotopic (exact) mass is 442 g/mol. The van der Waals surface area contributed by atoms with E-state index in [2.05, 4.69) is 5.32 Å². The maximum Gasteiger partial charge on any atom is 0.247 e. The lowest BCUT2D eigenvalue weighted by atomic mass is 9.98. The Balaban J connectivity index is 1.88. The first kappa shape index (κ1) is 23.5. The Morgan fingerprint density at radius 2 is 1.97 bits per heavy atom. The predicted molar refractivity (Wildman–Crippen MR) is 125 cm³/mol. The Labute approximate surface area is 189 Å². The third-order valence-electron chi connectivity index (χ3n) is 5.86. The number of nitrogens with one attached hydrogen (secondary N) is 1. The van der Waals surface area contributed by atoms with Crippen LogP contribution >= 0.6 is 11.3 Å². The third kappa shape index (κ3) is 6.65. The summed E-state index contributed by atoms with van der Waals surface area (Å²) in [5.41, 5.74) is 1.92. The molecular formula is C25H34N2O3S. The van der Waals surface area contributed by atoms with Gasteiger partial charge in [0.2, 0.25) is 11.8 Å². The second-order valence-electron chi connectivity index (χ2n) is 8.14. The number of aryl methyl sites for hydroxylation is 1. The van der Waals surface area contributed by atoms with E-state index in [1.165, 1.54) is 0 Å². The highest BCUT2D eigenvalue weighted by Gasteiger charge is 2.33. The number of hydrogen-bond acceptors (Lipinski definition) is 4. The summed E-state index contributed by atoms with van der Waals surface area (Å²) in [4.78, 5) is 29.8. The molecular weight excluding hydrogens is 408 g/mol. The highest BCUT2D eigenvalue weighted by atomic mass is 32.1. The molecule has 1 heterocycles. The molecule has 0 aliphatic heterocycles. The van der Waals surface area contributed by atoms with Crippen LogP contribution < -0.4 is 5.32 Å². The van der Waals surface area contributed by atoms with Crippen LogP contribution in [0.5, 0.6) is 0 Å². The Kier molecular flexibility index (Phi) is 9.10. The number of ether oxygens (including phenoxy) is 1. The molecule has 1 fully saturated rings. The normalized spacial score (nSPS) is 15.0. The molecule has 0 unspecified atom stereocenters. The zero-order valence-electron chi connectivity index (χ0n) is 18.6. The number of nitrogens with zero attached hydrogens (tertiary/aromatic N) is 1. The average Bonchev–Trinajstić information content (AvgIpc) is 3.45. The Hall–Kier alpha value is -2.18. The van der Waals surface area contributed by atoms with Gasteiger partial charge >= 0.3 is 0 Å². The summed E-state index contributed by atoms with van der Waals surface area (Å²) >= 11 is 1.57. The van der Waals surface area contributed by atoms with Gasteiger partial charge in [-0.25, -0.2) is 0 Å². The molecule has 5 nitrogen and oxygen atoms in total. The number of thiophene rings is 1. The van der Waals surface area contributed by atoms with Crippen LogP contribution in [0.2, 0.25) is 0 Å². The lowest BCUT2D eigenvalue weighted by molar-refractivity contribution is -0.141. The fourth-order valence-corrected chi connectivity index (χ4v) is 4.93. The van der Waals surface area contributed by atoms with Gasteiger partial charge in [0.05, 0.1) is 6.42 Å². The summed E-state index contributed by atoms with van der Waals surface area (Å²) < 4.78 is 5.51. The first-order chi connectivity index (χ1) is 15.1. The van der Waals surface area contributed by atoms with Crippen molar-refractivity contribution in [2.24, 2.45) is 0 Å². The van der Waals surface area contributed by atoms with Crippen LogP contribution in [0, 0.1) is 6.92 Å². The van der Waals surface area contributed by atoms with E-state index in [0.29, 0.717) is 32.6 Å². The Morgan fingerprint density at radius 1 is 1.19 bits per heavy atom. The molecule has 1 N–H and O–H groups in total. The van der Waals surface area contributed by atoms with Gasteiger partial charge < -0.3 is 15.0 Å². The molecule has 6 heteroatoms. The minimum absolute atomic E-state index is 0.0197. The summed E-state index contributed by atoms with van der Waals surface area (Å²) in [6.45, 7) is 5.68. The zero-order valence-corrected chi connectivity index (χ0v) is 19.5. The largest absolute Gasteiger partial charge is 0.382 e. The molecule has 0 saturated heterocycles. The molecule has 2 amide bonds. The Bertz CT molecular complexity index is 831. The molecule has 1 aliphatic rings. The number of rotatable bonds is 11. The average molecular weight is 443 g/mol. The lowest BCUT2D eigenvalue weighted by Gasteiger charge is -2.33. The van der Waals surface area contributed by atoms with E-state index in [9.17, 15) is 9.59 Å². The molecule has 0 spiro atoms. The van der Waals surface area contributed by atoms with Gasteiger partial charge in [0.25, 0.3) is 0 Å². The third-order valence-corrected chi connectivity index (χ3v) is 6.74. The molecule has 1 aromatic carbocycles. The van der Waals surface area contributed by atoms with Crippen LogP contribution in [0.4, 0.5) is 0 Å². The lowest BCUT2D eigenvalue weighted by Crippen LogP contribution is -2.47. The van der Waals surface area contributed by atoms with Gasteiger partial charge in [-0.3, -0.25) is 9.59 Å². The minimum Gasteiger partial charge on any atom is -0.382 e. The summed E-state index contributed by atoms with van der Waals surface area (Å²) in [5.74, 6) is -0.0917. The molecule has 168 valence electrons. The SMILES string of the molecule is CCOCCCN(C(=O)Cc1cccs1)[C@H](C(=O)NC1CCCC1)c1ccccc1C. The van der Waals surface area contributed by atoms with Gasteiger partial charge in [0, 0.05) is 30.7 Å². The second kappa shape index (κ2) is 12.0. The second-order valence-corrected chi connectivity index (χ2v) is 9.18. The summed E-state index contributed by atoms with van der Waals surface area (Å²) in [6, 6.07) is 11.4. The number of carbonyl (C=O) groups is 2. The summed E-state index contributed by atoms with van der Waals surface area (Å²) in [7, 11) is 0. The van der Waals surface area contributed by atoms with Crippen LogP contribution in [0.25, 0.3) is 0 Å². The van der Waals surface area contributed by atoms with E-state index >= 15 is 0 Å². The van der Waals surface area contributed by atoms with Gasteiger partial charge in [-0.05, 0) is 55.7 Å². The smallest absolute Gasteiger partial charge is 0.247 e. The van der Waals surface area contributed by atoms with Crippen LogP contribution in [0.1, 0.15) is 61.1 Å². The van der Waals surface area contributed by atoms with E-state index in [-0.39, 0.29) is 17.9 Å². The van der Waals surface area contributed by atoms with Crippen LogP contribution in [0.15, 0.2) is 41.8 Å². The van der Waals surface area contributed by atoms with E-state index in [1.807, 2.05) is 55.6 Å². The van der Waals surface area contributed by atoms with E-state index in [0.717, 1.165) is 41.7 Å². The van der Waals surface area contributed by atoms with Crippen molar-refractivity contribution in [3.8, 4) is 0 Å². The van der Waals surface area contributed by atoms with Crippen molar-refractivity contribution in [3.63, 3.8) is 0 Å². The Morgan fingerprint density at radius 3 is 2.65 bits per heavy atom. The van der Waals surface area contributed by atoms with Crippen molar-refractivity contribution in [1.82, 2.24) is 10.2 Å². The van der Waals surface area contributed by atoms with Crippen molar-refractivity contribution in [3.05, 3.63) is 57.8 Å². The maximum atomic E-state index is 13.6. The molecule has 1 atom stereocenters. The standard InChI is InChI=1S/C25H34N2O3S/c1-3-30-16-9-15-27(23(28)18-21-13-8-17-31-21)24(22-14-7-4-10-19(22)2)25(29)26-20-11-5-6-12-20/h4,7-8,10,13-14,17,20,24H,3,5-6,9,11-12,15-16,18H2,1-2H3,(H,26,29)/t24-/m0/s1. The van der Waals surface area contributed by atoms with Gasteiger partial charge in [-0.2, -0.15) is 0 Å². The highest BCUT2D eigenvalue weighted by molar-refractivity contribution is 7.10. The molecule has 0 bridgehead atoms. The van der Waals surface area contributed by atoms with Crippen molar-refractivity contribution >= 4 is 23.2 Å². The van der Waals surface area contributed by atoms with Gasteiger partial charge in [-0.1, -0.05) is 43.2 Å². The van der Waals surface area contributed by atoms with Crippen LogP contribution in [0.3, 0.4) is 0 Å². The van der Waals surface area contributed by atoms with Crippen molar-refractivity contribution in [2.45, 2.75) is 64.5 Å². The van der Waals surface area contributed by atoms with Crippen molar-refractivity contribution in [1.29, 1.82) is 0 Å². The zero-order chi connectivity index (χ0) is 22.1. The molecule has 1 saturated carbocycles. The topological polar surface area (TPSA) is 58.6 Å². The molecule has 1 aliphatic carbocycles. The quantitative estimate of drug-likeness (QED) is 0.515. The number of hydrogen-bond donors (Lipinski definition) is 1. The summed E-state index contributed by atoms with van der Waals surface area (Å²) in [6.07, 6.45) is 5.33. The van der Waals surface area contributed by atoms with Gasteiger partial charge in [0.1, 0.15) is 6.04 Å². The fraction of sp³-hybridized carbons (Fsp3) is 0.520. The van der Waals surface area contributed by atoms with Crippen molar-refractivity contribution < 1.29 is 14.3 Å². The van der Waals surface area contributed by atoms with Crippen molar-refractivity contribution in [2.75, 3.05) is 19.8 Å². The maximum absolute atomic E-state index is 13.6. The predicted octanol–water partition coefficient (Wildman–Crippen LogP) is 4.65. The van der Waals surface area contributed by atoms with E-state index < -0.39 is 6.04 Å². The molecule has 31 heavy (non-hydrogen) atoms. The highest BCUT2D eigenvalue weighted by Crippen LogP contribution is 2.28. The van der Waals surface area contributed by atoms with Gasteiger partial charge in [0.15, 0.2) is 0 Å². The molecule has 3 rings (SSSR count). The first-order valence-corrected chi connectivity index (χ1v) is 12.2. The van der Waals surface area contributed by atoms with E-state index in [1.54, 1.807) is 16.2 Å². The number of amides is 2. The summed E-state index contributed by atoms with van der Waals surface area (Å²) in [5, 5.41) is 5.22. The van der Waals surface area contributed by atoms with E-state index in [4.69, 9.17) is 4.74 Å². The molecule has 1 aromatic heterocycles. The van der Waals surface area contributed by atoms with Gasteiger partial charge in [-0.15, -0.1) is 11.3 Å². The van der Waals surface area contributed by atoms with Crippen LogP contribution in [-0.2, 0) is 20.7 Å². The fourth-order valence-electron chi connectivity index (χ4n) is 4.24. The number of benzene rings is 1.